The average Bonchev–Trinajstić information content (AvgIpc) is 2.64. The van der Waals surface area contributed by atoms with Crippen LogP contribution in [0.25, 0.3) is 0 Å². The predicted octanol–water partition coefficient (Wildman–Crippen LogP) is 3.25. The molecule has 20 heavy (non-hydrogen) atoms. The molecule has 0 aliphatic rings. The number of aromatic nitrogens is 2. The summed E-state index contributed by atoms with van der Waals surface area (Å²) in [6.45, 7) is 3.64. The molecule has 0 amide bonds. The van der Waals surface area contributed by atoms with Crippen LogP contribution in [0.1, 0.15) is 34.6 Å². The SMILES string of the molecule is Cc1nn(C)c(NC(C)c2ccc(Cl)cc2)c1C(=O)O. The lowest BCUT2D eigenvalue weighted by Gasteiger charge is -2.16. The second-order valence-corrected chi connectivity index (χ2v) is 5.09. The Kier molecular flexibility index (Phi) is 3.99. The zero-order chi connectivity index (χ0) is 14.9. The molecule has 2 rings (SSSR count). The van der Waals surface area contributed by atoms with Crippen LogP contribution in [0, 0.1) is 6.92 Å². The minimum absolute atomic E-state index is 0.0554. The van der Waals surface area contributed by atoms with Crippen molar-refractivity contribution in [3.05, 3.63) is 46.1 Å². The lowest BCUT2D eigenvalue weighted by atomic mass is 10.1. The van der Waals surface area contributed by atoms with E-state index in [2.05, 4.69) is 10.4 Å². The summed E-state index contributed by atoms with van der Waals surface area (Å²) in [5.74, 6) is -0.487. The maximum absolute atomic E-state index is 11.3. The molecule has 1 aromatic carbocycles. The van der Waals surface area contributed by atoms with Crippen molar-refractivity contribution in [3.63, 3.8) is 0 Å². The van der Waals surface area contributed by atoms with Crippen molar-refractivity contribution < 1.29 is 9.90 Å². The molecule has 2 N–H and O–H groups in total. The highest BCUT2D eigenvalue weighted by Gasteiger charge is 2.21. The van der Waals surface area contributed by atoms with E-state index in [1.807, 2.05) is 31.2 Å². The van der Waals surface area contributed by atoms with Crippen LogP contribution in [0.2, 0.25) is 5.02 Å². The number of nitrogens with zero attached hydrogens (tertiary/aromatic N) is 2. The van der Waals surface area contributed by atoms with Crippen LogP contribution >= 0.6 is 11.6 Å². The molecule has 0 radical (unpaired) electrons. The lowest BCUT2D eigenvalue weighted by molar-refractivity contribution is 0.0697. The predicted molar refractivity (Wildman–Crippen MR) is 78.4 cm³/mol. The van der Waals surface area contributed by atoms with Crippen LogP contribution in [-0.4, -0.2) is 20.9 Å². The topological polar surface area (TPSA) is 67.2 Å². The van der Waals surface area contributed by atoms with E-state index in [9.17, 15) is 9.90 Å². The number of carboxylic acids is 1. The van der Waals surface area contributed by atoms with E-state index in [1.165, 1.54) is 0 Å². The number of anilines is 1. The van der Waals surface area contributed by atoms with Crippen molar-refractivity contribution in [2.75, 3.05) is 5.32 Å². The monoisotopic (exact) mass is 293 g/mol. The molecule has 0 fully saturated rings. The number of rotatable bonds is 4. The van der Waals surface area contributed by atoms with Gasteiger partial charge in [-0.1, -0.05) is 23.7 Å². The van der Waals surface area contributed by atoms with Crippen LogP contribution in [0.5, 0.6) is 0 Å². The number of aryl methyl sites for hydroxylation is 2. The van der Waals surface area contributed by atoms with Gasteiger partial charge in [-0.3, -0.25) is 4.68 Å². The number of halogens is 1. The molecule has 0 bridgehead atoms. The van der Waals surface area contributed by atoms with Gasteiger partial charge < -0.3 is 10.4 Å². The van der Waals surface area contributed by atoms with Crippen molar-refractivity contribution in [3.8, 4) is 0 Å². The van der Waals surface area contributed by atoms with Crippen LogP contribution < -0.4 is 5.32 Å². The molecule has 2 aromatic rings. The highest BCUT2D eigenvalue weighted by Crippen LogP contribution is 2.25. The van der Waals surface area contributed by atoms with Crippen LogP contribution in [0.15, 0.2) is 24.3 Å². The lowest BCUT2D eigenvalue weighted by Crippen LogP contribution is -2.13. The third kappa shape index (κ3) is 2.77. The molecular formula is C14H16ClN3O2. The summed E-state index contributed by atoms with van der Waals surface area (Å²) in [5, 5.41) is 17.3. The van der Waals surface area contributed by atoms with Gasteiger partial charge >= 0.3 is 5.97 Å². The number of carbonyl (C=O) groups is 1. The minimum atomic E-state index is -0.985. The summed E-state index contributed by atoms with van der Waals surface area (Å²) in [7, 11) is 1.72. The average molecular weight is 294 g/mol. The standard InChI is InChI=1S/C14H16ClN3O2/c1-8(10-4-6-11(15)7-5-10)16-13-12(14(19)20)9(2)17-18(13)3/h4-8,16H,1-3H3,(H,19,20). The highest BCUT2D eigenvalue weighted by atomic mass is 35.5. The molecule has 0 aliphatic heterocycles. The molecule has 5 nitrogen and oxygen atoms in total. The number of hydrogen-bond acceptors (Lipinski definition) is 3. The van der Waals surface area contributed by atoms with Crippen molar-refractivity contribution >= 4 is 23.4 Å². The maximum atomic E-state index is 11.3. The summed E-state index contributed by atoms with van der Waals surface area (Å²) in [6.07, 6.45) is 0. The van der Waals surface area contributed by atoms with Gasteiger partial charge in [0.2, 0.25) is 0 Å². The van der Waals surface area contributed by atoms with Crippen molar-refractivity contribution in [2.45, 2.75) is 19.9 Å². The van der Waals surface area contributed by atoms with E-state index in [-0.39, 0.29) is 11.6 Å². The van der Waals surface area contributed by atoms with Gasteiger partial charge in [-0.25, -0.2) is 4.79 Å². The zero-order valence-electron chi connectivity index (χ0n) is 11.5. The molecule has 0 spiro atoms. The fourth-order valence-electron chi connectivity index (χ4n) is 2.12. The first-order valence-corrected chi connectivity index (χ1v) is 6.57. The van der Waals surface area contributed by atoms with Gasteiger partial charge in [0.15, 0.2) is 0 Å². The third-order valence-electron chi connectivity index (χ3n) is 3.16. The summed E-state index contributed by atoms with van der Waals surface area (Å²) in [5.41, 5.74) is 1.71. The van der Waals surface area contributed by atoms with E-state index >= 15 is 0 Å². The Balaban J connectivity index is 2.30. The molecule has 1 heterocycles. The third-order valence-corrected chi connectivity index (χ3v) is 3.41. The van der Waals surface area contributed by atoms with E-state index in [1.54, 1.807) is 18.7 Å². The fourth-order valence-corrected chi connectivity index (χ4v) is 2.25. The molecule has 106 valence electrons. The number of nitrogens with one attached hydrogen (secondary N) is 1. The van der Waals surface area contributed by atoms with Gasteiger partial charge in [0.05, 0.1) is 5.69 Å². The quantitative estimate of drug-likeness (QED) is 0.908. The van der Waals surface area contributed by atoms with E-state index in [4.69, 9.17) is 11.6 Å². The first kappa shape index (κ1) is 14.4. The van der Waals surface area contributed by atoms with Gasteiger partial charge in [0.25, 0.3) is 0 Å². The van der Waals surface area contributed by atoms with Gasteiger partial charge in [-0.2, -0.15) is 5.10 Å². The van der Waals surface area contributed by atoms with Crippen molar-refractivity contribution in [2.24, 2.45) is 7.05 Å². The number of hydrogen-bond donors (Lipinski definition) is 2. The highest BCUT2D eigenvalue weighted by molar-refractivity contribution is 6.30. The van der Waals surface area contributed by atoms with Crippen LogP contribution in [0.3, 0.4) is 0 Å². The largest absolute Gasteiger partial charge is 0.477 e. The van der Waals surface area contributed by atoms with Crippen molar-refractivity contribution in [1.82, 2.24) is 9.78 Å². The van der Waals surface area contributed by atoms with E-state index in [0.29, 0.717) is 16.5 Å². The second-order valence-electron chi connectivity index (χ2n) is 4.66. The second kappa shape index (κ2) is 5.54. The molecule has 0 saturated heterocycles. The molecule has 0 saturated carbocycles. The zero-order valence-corrected chi connectivity index (χ0v) is 12.3. The molecular weight excluding hydrogens is 278 g/mol. The Labute approximate surface area is 122 Å². The van der Waals surface area contributed by atoms with E-state index < -0.39 is 5.97 Å². The molecule has 1 aromatic heterocycles. The van der Waals surface area contributed by atoms with Crippen LogP contribution in [-0.2, 0) is 7.05 Å². The summed E-state index contributed by atoms with van der Waals surface area (Å²) >= 11 is 5.86. The minimum Gasteiger partial charge on any atom is -0.477 e. The Morgan fingerprint density at radius 2 is 2.00 bits per heavy atom. The Morgan fingerprint density at radius 1 is 1.40 bits per heavy atom. The Hall–Kier alpha value is -2.01. The fraction of sp³-hybridized carbons (Fsp3) is 0.286. The molecule has 1 unspecified atom stereocenters. The molecule has 0 aliphatic carbocycles. The number of aromatic carboxylic acids is 1. The Morgan fingerprint density at radius 3 is 2.55 bits per heavy atom. The van der Waals surface area contributed by atoms with Gasteiger partial charge in [0, 0.05) is 18.1 Å². The first-order chi connectivity index (χ1) is 9.40. The normalized spacial score (nSPS) is 12.2. The summed E-state index contributed by atoms with van der Waals surface area (Å²) < 4.78 is 1.55. The number of benzene rings is 1. The summed E-state index contributed by atoms with van der Waals surface area (Å²) in [6, 6.07) is 7.37. The smallest absolute Gasteiger partial charge is 0.341 e. The van der Waals surface area contributed by atoms with E-state index in [0.717, 1.165) is 5.56 Å². The van der Waals surface area contributed by atoms with Crippen molar-refractivity contribution in [1.29, 1.82) is 0 Å². The van der Waals surface area contributed by atoms with Gasteiger partial charge in [-0.05, 0) is 31.5 Å². The summed E-state index contributed by atoms with van der Waals surface area (Å²) in [4.78, 5) is 11.3. The first-order valence-electron chi connectivity index (χ1n) is 6.19. The Bertz CT molecular complexity index is 635. The number of carboxylic acid groups (broad SMARTS) is 1. The van der Waals surface area contributed by atoms with Crippen LogP contribution in [0.4, 0.5) is 5.82 Å². The van der Waals surface area contributed by atoms with Gasteiger partial charge in [0.1, 0.15) is 11.4 Å². The molecule has 6 heteroatoms. The van der Waals surface area contributed by atoms with Gasteiger partial charge in [-0.15, -0.1) is 0 Å². The molecule has 1 atom stereocenters. The maximum Gasteiger partial charge on any atom is 0.341 e.